The van der Waals surface area contributed by atoms with Gasteiger partial charge in [0, 0.05) is 17.1 Å². The van der Waals surface area contributed by atoms with Crippen LogP contribution in [0.5, 0.6) is 0 Å². The van der Waals surface area contributed by atoms with Gasteiger partial charge in [-0.2, -0.15) is 4.98 Å². The fraction of sp³-hybridized carbons (Fsp3) is 0.333. The minimum absolute atomic E-state index is 0.0207. The molecular formula is C27H29Cl3N6O3. The molecule has 12 heteroatoms. The number of anilines is 1. The number of aliphatic hydroxyl groups is 1. The van der Waals surface area contributed by atoms with Crippen molar-refractivity contribution >= 4 is 46.5 Å². The first-order chi connectivity index (χ1) is 18.6. The summed E-state index contributed by atoms with van der Waals surface area (Å²) in [5, 5.41) is 19.1. The molecule has 2 heterocycles. The third-order valence-electron chi connectivity index (χ3n) is 6.17. The molecule has 4 N–H and O–H groups in total. The van der Waals surface area contributed by atoms with E-state index in [1.54, 1.807) is 28.9 Å². The lowest BCUT2D eigenvalue weighted by molar-refractivity contribution is 0.220. The van der Waals surface area contributed by atoms with Gasteiger partial charge >= 0.3 is 6.03 Å². The summed E-state index contributed by atoms with van der Waals surface area (Å²) in [4.78, 5) is 34.4. The van der Waals surface area contributed by atoms with E-state index in [1.165, 1.54) is 0 Å². The zero-order chi connectivity index (χ0) is 28.3. The Morgan fingerprint density at radius 3 is 2.36 bits per heavy atom. The number of hydrogen-bond acceptors (Lipinski definition) is 5. The predicted molar refractivity (Wildman–Crippen MR) is 155 cm³/mol. The largest absolute Gasteiger partial charge is 0.394 e. The number of aliphatic hydroxyl groups excluding tert-OH is 1. The van der Waals surface area contributed by atoms with Gasteiger partial charge in [0.05, 0.1) is 28.4 Å². The number of carbonyl (C=O) groups is 1. The number of fused-ring (bicyclic) bond motifs is 1. The molecule has 0 saturated carbocycles. The molecular weight excluding hydrogens is 563 g/mol. The summed E-state index contributed by atoms with van der Waals surface area (Å²) in [7, 11) is 0. The van der Waals surface area contributed by atoms with Gasteiger partial charge in [-0.25, -0.2) is 14.5 Å². The fourth-order valence-electron chi connectivity index (χ4n) is 4.30. The van der Waals surface area contributed by atoms with Crippen LogP contribution in [0.4, 0.5) is 10.5 Å². The van der Waals surface area contributed by atoms with Gasteiger partial charge in [-0.05, 0) is 42.2 Å². The monoisotopic (exact) mass is 590 g/mol. The molecule has 0 aliphatic carbocycles. The molecule has 39 heavy (non-hydrogen) atoms. The maximum atomic E-state index is 13.2. The number of nitrogens with zero attached hydrogens (tertiary/aromatic N) is 3. The normalized spacial score (nSPS) is 12.2. The van der Waals surface area contributed by atoms with E-state index in [9.17, 15) is 14.7 Å². The second-order valence-electron chi connectivity index (χ2n) is 9.52. The summed E-state index contributed by atoms with van der Waals surface area (Å²) in [5.74, 6) is 0.661. The van der Waals surface area contributed by atoms with Crippen LogP contribution in [-0.2, 0) is 6.42 Å². The van der Waals surface area contributed by atoms with Crippen molar-refractivity contribution in [2.45, 2.75) is 52.0 Å². The molecule has 1 unspecified atom stereocenters. The molecule has 2 aromatic carbocycles. The van der Waals surface area contributed by atoms with Gasteiger partial charge < -0.3 is 15.7 Å². The van der Waals surface area contributed by atoms with Crippen LogP contribution in [0.15, 0.2) is 41.2 Å². The summed E-state index contributed by atoms with van der Waals surface area (Å²) in [6.45, 7) is 5.77. The zero-order valence-electron chi connectivity index (χ0n) is 21.7. The maximum absolute atomic E-state index is 13.2. The Labute approximate surface area is 240 Å². The topological polar surface area (TPSA) is 125 Å². The van der Waals surface area contributed by atoms with Crippen LogP contribution in [0.3, 0.4) is 0 Å². The molecule has 2 aromatic rings. The van der Waals surface area contributed by atoms with Gasteiger partial charge in [-0.3, -0.25) is 9.89 Å². The average Bonchev–Trinajstić information content (AvgIpc) is 3.24. The maximum Gasteiger partial charge on any atom is 0.319 e. The van der Waals surface area contributed by atoms with Gasteiger partial charge in [0.2, 0.25) is 0 Å². The van der Waals surface area contributed by atoms with Crippen LogP contribution in [0.1, 0.15) is 56.6 Å². The number of H-pyrrole nitrogens is 1. The Morgan fingerprint density at radius 1 is 1.10 bits per heavy atom. The molecule has 0 radical (unpaired) electrons. The molecule has 2 aliphatic rings. The number of benzene rings is 2. The van der Waals surface area contributed by atoms with Crippen molar-refractivity contribution in [2.24, 2.45) is 0 Å². The van der Waals surface area contributed by atoms with E-state index in [0.717, 1.165) is 12.0 Å². The van der Waals surface area contributed by atoms with Gasteiger partial charge in [0.15, 0.2) is 5.82 Å². The molecule has 9 nitrogen and oxygen atoms in total. The highest BCUT2D eigenvalue weighted by Crippen LogP contribution is 2.36. The van der Waals surface area contributed by atoms with E-state index in [2.05, 4.69) is 20.7 Å². The second-order valence-corrected chi connectivity index (χ2v) is 10.8. The van der Waals surface area contributed by atoms with Crippen molar-refractivity contribution in [3.05, 3.63) is 78.9 Å². The highest BCUT2D eigenvalue weighted by atomic mass is 35.5. The standard InChI is InChI=1S/C27H29Cl3N6O3/c1-4-5-18(13-37)32-27(39)31-17-8-6-15(7-9-17)10-21-33-25-22(26(38)34-21)23(14(2)3)35-36(25)24-19(29)11-16(28)12-20(24)30/h6-9,11-12,14,18,35,37H,4-5,10,13H2,1-3H3,(H2,31,32,39). The summed E-state index contributed by atoms with van der Waals surface area (Å²) in [5.41, 5.74) is 2.48. The Kier molecular flexibility index (Phi) is 9.17. The Bertz CT molecular complexity index is 1480. The van der Waals surface area contributed by atoms with E-state index < -0.39 is 11.6 Å². The molecule has 2 amide bonds. The highest BCUT2D eigenvalue weighted by molar-refractivity contribution is 6.40. The number of halogens is 3. The van der Waals surface area contributed by atoms with Crippen LogP contribution < -0.4 is 16.2 Å². The van der Waals surface area contributed by atoms with Gasteiger partial charge in [0.1, 0.15) is 17.1 Å². The lowest BCUT2D eigenvalue weighted by Gasteiger charge is -2.16. The van der Waals surface area contributed by atoms with Crippen molar-refractivity contribution in [3.8, 4) is 17.1 Å². The van der Waals surface area contributed by atoms with Crippen molar-refractivity contribution in [1.29, 1.82) is 0 Å². The number of hydrogen-bond donors (Lipinski definition) is 4. The minimum atomic E-state index is -0.407. The third kappa shape index (κ3) is 6.55. The number of rotatable bonds is 9. The Morgan fingerprint density at radius 2 is 1.77 bits per heavy atom. The van der Waals surface area contributed by atoms with E-state index in [-0.39, 0.29) is 25.0 Å². The molecule has 0 spiro atoms. The van der Waals surface area contributed by atoms with Crippen molar-refractivity contribution in [1.82, 2.24) is 25.1 Å². The van der Waals surface area contributed by atoms with Gasteiger partial charge in [0.25, 0.3) is 5.56 Å². The first kappa shape index (κ1) is 28.9. The Hall–Kier alpha value is -3.11. The highest BCUT2D eigenvalue weighted by Gasteiger charge is 2.27. The van der Waals surface area contributed by atoms with Gasteiger partial charge in [-0.1, -0.05) is 74.1 Å². The lowest BCUT2D eigenvalue weighted by Crippen LogP contribution is -2.40. The van der Waals surface area contributed by atoms with Crippen LogP contribution in [0.2, 0.25) is 15.1 Å². The van der Waals surface area contributed by atoms with E-state index in [1.807, 2.05) is 32.9 Å². The number of amides is 2. The first-order valence-electron chi connectivity index (χ1n) is 12.5. The molecule has 0 saturated heterocycles. The second kappa shape index (κ2) is 12.4. The lowest BCUT2D eigenvalue weighted by atomic mass is 10.1. The van der Waals surface area contributed by atoms with Gasteiger partial charge in [-0.15, -0.1) is 0 Å². The van der Waals surface area contributed by atoms with Crippen LogP contribution in [0.25, 0.3) is 17.1 Å². The van der Waals surface area contributed by atoms with Crippen molar-refractivity contribution in [2.75, 3.05) is 11.9 Å². The predicted octanol–water partition coefficient (Wildman–Crippen LogP) is 6.02. The number of aromatic nitrogens is 4. The molecule has 1 atom stereocenters. The van der Waals surface area contributed by atoms with E-state index in [4.69, 9.17) is 39.8 Å². The summed E-state index contributed by atoms with van der Waals surface area (Å²) in [6, 6.07) is 9.60. The minimum Gasteiger partial charge on any atom is -0.394 e. The van der Waals surface area contributed by atoms with E-state index in [0.29, 0.717) is 55.8 Å². The molecule has 0 fully saturated rings. The molecule has 0 bridgehead atoms. The van der Waals surface area contributed by atoms with E-state index >= 15 is 0 Å². The van der Waals surface area contributed by atoms with Crippen molar-refractivity contribution in [3.63, 3.8) is 0 Å². The molecule has 2 aliphatic heterocycles. The molecule has 206 valence electrons. The van der Waals surface area contributed by atoms with Crippen molar-refractivity contribution < 1.29 is 9.90 Å². The number of aromatic amines is 1. The number of urea groups is 1. The SMILES string of the molecule is CCCC(CO)NC(=O)Nc1ccc(Cc2nc3n(-c4c(Cl)cc(Cl)cc4Cl)[nH]c(C(C)C)c-3c(=O)n2)cc1. The number of nitrogens with one attached hydrogen (secondary N) is 3. The first-order valence-corrected chi connectivity index (χ1v) is 13.7. The fourth-order valence-corrected chi connectivity index (χ4v) is 5.29. The summed E-state index contributed by atoms with van der Waals surface area (Å²) < 4.78 is 1.60. The number of carbonyl (C=O) groups excluding carboxylic acids is 1. The zero-order valence-corrected chi connectivity index (χ0v) is 24.0. The van der Waals surface area contributed by atoms with Crippen LogP contribution in [-0.4, -0.2) is 43.5 Å². The smallest absolute Gasteiger partial charge is 0.319 e. The van der Waals surface area contributed by atoms with Crippen LogP contribution in [0, 0.1) is 0 Å². The van der Waals surface area contributed by atoms with Crippen LogP contribution >= 0.6 is 34.8 Å². The molecule has 4 rings (SSSR count). The third-order valence-corrected chi connectivity index (χ3v) is 6.96. The quantitative estimate of drug-likeness (QED) is 0.190. The Balaban J connectivity index is 1.63. The molecule has 0 aromatic heterocycles. The summed E-state index contributed by atoms with van der Waals surface area (Å²) in [6.07, 6.45) is 1.82. The average molecular weight is 592 g/mol. The summed E-state index contributed by atoms with van der Waals surface area (Å²) >= 11 is 19.1.